The van der Waals surface area contributed by atoms with Gasteiger partial charge in [-0.15, -0.1) is 0 Å². The number of para-hydroxylation sites is 1. The minimum absolute atomic E-state index is 0.212. The highest BCUT2D eigenvalue weighted by Crippen LogP contribution is 2.26. The maximum Gasteiger partial charge on any atom is 0.164 e. The molecule has 1 heterocycles. The molecule has 0 amide bonds. The van der Waals surface area contributed by atoms with E-state index >= 15 is 0 Å². The highest BCUT2D eigenvalue weighted by molar-refractivity contribution is 5.98. The van der Waals surface area contributed by atoms with Gasteiger partial charge in [0.15, 0.2) is 5.78 Å². The lowest BCUT2D eigenvalue weighted by atomic mass is 9.96. The fourth-order valence-corrected chi connectivity index (χ4v) is 2.53. The molecule has 0 fully saturated rings. The molecule has 1 aliphatic carbocycles. The second kappa shape index (κ2) is 4.15. The number of Topliss-reactive ketones (excluding diaryl/α,β-unsaturated/α-hetero) is 1. The van der Waals surface area contributed by atoms with Gasteiger partial charge in [-0.2, -0.15) is 5.26 Å². The number of ketones is 1. The Kier molecular flexibility index (Phi) is 2.49. The van der Waals surface area contributed by atoms with Crippen molar-refractivity contribution in [1.29, 1.82) is 5.26 Å². The van der Waals surface area contributed by atoms with Gasteiger partial charge in [0.05, 0.1) is 11.3 Å². The predicted octanol–water partition coefficient (Wildman–Crippen LogP) is 2.87. The quantitative estimate of drug-likeness (QED) is 0.764. The summed E-state index contributed by atoms with van der Waals surface area (Å²) < 4.78 is 1.98. The molecule has 88 valence electrons. The minimum atomic E-state index is 0.212. The van der Waals surface area contributed by atoms with Crippen molar-refractivity contribution in [3.8, 4) is 11.8 Å². The van der Waals surface area contributed by atoms with Crippen molar-refractivity contribution >= 4 is 5.78 Å². The highest BCUT2D eigenvalue weighted by Gasteiger charge is 2.21. The molecule has 3 heteroatoms. The van der Waals surface area contributed by atoms with Crippen LogP contribution in [0.3, 0.4) is 0 Å². The number of benzene rings is 1. The molecule has 0 radical (unpaired) electrons. The van der Waals surface area contributed by atoms with E-state index in [1.54, 1.807) is 6.07 Å². The molecule has 3 rings (SSSR count). The average Bonchev–Trinajstić information content (AvgIpc) is 2.84. The Bertz CT molecular complexity index is 661. The van der Waals surface area contributed by atoms with Crippen molar-refractivity contribution in [2.45, 2.75) is 19.3 Å². The van der Waals surface area contributed by atoms with E-state index in [0.29, 0.717) is 12.0 Å². The third-order valence-electron chi connectivity index (χ3n) is 3.39. The monoisotopic (exact) mass is 236 g/mol. The predicted molar refractivity (Wildman–Crippen MR) is 67.8 cm³/mol. The first kappa shape index (κ1) is 10.8. The van der Waals surface area contributed by atoms with Gasteiger partial charge in [0.2, 0.25) is 0 Å². The minimum Gasteiger partial charge on any atom is -0.319 e. The summed E-state index contributed by atoms with van der Waals surface area (Å²) in [5.41, 5.74) is 3.34. The molecule has 0 saturated heterocycles. The molecule has 1 aromatic carbocycles. The molecule has 0 spiro atoms. The molecule has 0 aliphatic heterocycles. The summed E-state index contributed by atoms with van der Waals surface area (Å²) in [5, 5.41) is 9.14. The molecule has 2 aromatic rings. The molecule has 18 heavy (non-hydrogen) atoms. The normalized spacial score (nSPS) is 14.1. The summed E-state index contributed by atoms with van der Waals surface area (Å²) in [5.74, 6) is 0.212. The Morgan fingerprint density at radius 2 is 2.00 bits per heavy atom. The number of rotatable bonds is 1. The summed E-state index contributed by atoms with van der Waals surface area (Å²) in [7, 11) is 0. The fraction of sp³-hybridized carbons (Fsp3) is 0.200. The highest BCUT2D eigenvalue weighted by atomic mass is 16.1. The van der Waals surface area contributed by atoms with Crippen LogP contribution in [0.4, 0.5) is 0 Å². The molecule has 0 unspecified atom stereocenters. The first-order valence-electron chi connectivity index (χ1n) is 6.04. The zero-order chi connectivity index (χ0) is 12.5. The van der Waals surface area contributed by atoms with Crippen LogP contribution in [0.25, 0.3) is 5.69 Å². The van der Waals surface area contributed by atoms with Gasteiger partial charge < -0.3 is 4.57 Å². The molecular formula is C15H12N2O. The van der Waals surface area contributed by atoms with E-state index in [-0.39, 0.29) is 5.78 Å². The maximum absolute atomic E-state index is 11.8. The first-order chi connectivity index (χ1) is 8.81. The number of fused-ring (bicyclic) bond motifs is 1. The Labute approximate surface area is 105 Å². The van der Waals surface area contributed by atoms with Gasteiger partial charge in [0.25, 0.3) is 0 Å². The van der Waals surface area contributed by atoms with Crippen LogP contribution in [0, 0.1) is 11.3 Å². The van der Waals surface area contributed by atoms with Crippen LogP contribution in [-0.4, -0.2) is 10.4 Å². The number of hydrogen-bond donors (Lipinski definition) is 0. The largest absolute Gasteiger partial charge is 0.319 e. The SMILES string of the molecule is N#Cc1ccccc1-n1ccc2c1CCCC2=O. The van der Waals surface area contributed by atoms with Crippen molar-refractivity contribution in [2.75, 3.05) is 0 Å². The molecule has 1 aliphatic rings. The number of nitrogens with zero attached hydrogens (tertiary/aromatic N) is 2. The van der Waals surface area contributed by atoms with E-state index < -0.39 is 0 Å². The summed E-state index contributed by atoms with van der Waals surface area (Å²) in [6, 6.07) is 11.5. The van der Waals surface area contributed by atoms with Gasteiger partial charge in [0.1, 0.15) is 6.07 Å². The Hall–Kier alpha value is -2.34. The maximum atomic E-state index is 11.8. The van der Waals surface area contributed by atoms with E-state index in [1.807, 2.05) is 35.0 Å². The zero-order valence-electron chi connectivity index (χ0n) is 9.89. The lowest BCUT2D eigenvalue weighted by Gasteiger charge is -2.15. The van der Waals surface area contributed by atoms with Crippen LogP contribution < -0.4 is 0 Å². The molecule has 3 nitrogen and oxygen atoms in total. The summed E-state index contributed by atoms with van der Waals surface area (Å²) in [6.07, 6.45) is 4.32. The van der Waals surface area contributed by atoms with Gasteiger partial charge in [-0.05, 0) is 31.0 Å². The number of hydrogen-bond acceptors (Lipinski definition) is 2. The summed E-state index contributed by atoms with van der Waals surface area (Å²) >= 11 is 0. The second-order valence-corrected chi connectivity index (χ2v) is 4.45. The molecule has 1 aromatic heterocycles. The van der Waals surface area contributed by atoms with Gasteiger partial charge in [-0.25, -0.2) is 0 Å². The van der Waals surface area contributed by atoms with E-state index in [9.17, 15) is 4.79 Å². The average molecular weight is 236 g/mol. The standard InChI is InChI=1S/C15H12N2O/c16-10-11-4-1-2-5-13(11)17-9-8-12-14(17)6-3-7-15(12)18/h1-2,4-5,8-9H,3,6-7H2. The number of carbonyl (C=O) groups is 1. The number of nitriles is 1. The van der Waals surface area contributed by atoms with E-state index in [1.165, 1.54) is 0 Å². The zero-order valence-corrected chi connectivity index (χ0v) is 9.89. The Balaban J connectivity index is 2.19. The summed E-state index contributed by atoms with van der Waals surface area (Å²) in [4.78, 5) is 11.8. The second-order valence-electron chi connectivity index (χ2n) is 4.45. The first-order valence-corrected chi connectivity index (χ1v) is 6.04. The van der Waals surface area contributed by atoms with Crippen LogP contribution in [0.2, 0.25) is 0 Å². The molecule has 0 saturated carbocycles. The van der Waals surface area contributed by atoms with Crippen molar-refractivity contribution in [1.82, 2.24) is 4.57 Å². The molecule has 0 N–H and O–H groups in total. The number of aromatic nitrogens is 1. The van der Waals surface area contributed by atoms with E-state index in [2.05, 4.69) is 6.07 Å². The molecular weight excluding hydrogens is 224 g/mol. The van der Waals surface area contributed by atoms with E-state index in [4.69, 9.17) is 5.26 Å². The smallest absolute Gasteiger partial charge is 0.164 e. The van der Waals surface area contributed by atoms with Gasteiger partial charge in [-0.1, -0.05) is 12.1 Å². The van der Waals surface area contributed by atoms with Crippen LogP contribution in [0.5, 0.6) is 0 Å². The van der Waals surface area contributed by atoms with Gasteiger partial charge in [0, 0.05) is 23.9 Å². The fourth-order valence-electron chi connectivity index (χ4n) is 2.53. The van der Waals surface area contributed by atoms with Crippen LogP contribution >= 0.6 is 0 Å². The third-order valence-corrected chi connectivity index (χ3v) is 3.39. The van der Waals surface area contributed by atoms with Crippen LogP contribution in [-0.2, 0) is 6.42 Å². The van der Waals surface area contributed by atoms with Crippen molar-refractivity contribution < 1.29 is 4.79 Å². The van der Waals surface area contributed by atoms with Gasteiger partial charge in [-0.3, -0.25) is 4.79 Å². The van der Waals surface area contributed by atoms with E-state index in [0.717, 1.165) is 29.8 Å². The van der Waals surface area contributed by atoms with Crippen LogP contribution in [0.15, 0.2) is 36.5 Å². The molecule has 0 bridgehead atoms. The number of carbonyl (C=O) groups excluding carboxylic acids is 1. The van der Waals surface area contributed by atoms with Crippen molar-refractivity contribution in [3.63, 3.8) is 0 Å². The topological polar surface area (TPSA) is 45.8 Å². The Morgan fingerprint density at radius 3 is 2.83 bits per heavy atom. The third kappa shape index (κ3) is 1.54. The van der Waals surface area contributed by atoms with Crippen LogP contribution in [0.1, 0.15) is 34.5 Å². The van der Waals surface area contributed by atoms with Crippen molar-refractivity contribution in [2.24, 2.45) is 0 Å². The Morgan fingerprint density at radius 1 is 1.17 bits per heavy atom. The van der Waals surface area contributed by atoms with Gasteiger partial charge >= 0.3 is 0 Å². The lowest BCUT2D eigenvalue weighted by molar-refractivity contribution is 0.0972. The lowest BCUT2D eigenvalue weighted by Crippen LogP contribution is -2.12. The molecule has 0 atom stereocenters. The van der Waals surface area contributed by atoms with Crippen molar-refractivity contribution in [3.05, 3.63) is 53.3 Å². The summed E-state index contributed by atoms with van der Waals surface area (Å²) in [6.45, 7) is 0.